The number of benzene rings is 1. The standard InChI is InChI=1S/C7H7BBrFO4/c1-13-6-3-4(9)2-5(10)7(6)14-8(11)12/h2-3,11-12H,1H3. The van der Waals surface area contributed by atoms with Crippen molar-refractivity contribution in [3.63, 3.8) is 0 Å². The fourth-order valence-electron chi connectivity index (χ4n) is 0.908. The van der Waals surface area contributed by atoms with E-state index in [9.17, 15) is 4.39 Å². The van der Waals surface area contributed by atoms with E-state index in [1.165, 1.54) is 13.2 Å². The van der Waals surface area contributed by atoms with Crippen molar-refractivity contribution in [2.45, 2.75) is 0 Å². The molecular weight excluding hydrogens is 258 g/mol. The molecule has 7 heteroatoms. The molecule has 14 heavy (non-hydrogen) atoms. The van der Waals surface area contributed by atoms with Crippen LogP contribution in [0.2, 0.25) is 0 Å². The van der Waals surface area contributed by atoms with Crippen molar-refractivity contribution in [1.29, 1.82) is 0 Å². The van der Waals surface area contributed by atoms with Crippen molar-refractivity contribution in [2.24, 2.45) is 0 Å². The van der Waals surface area contributed by atoms with E-state index in [1.54, 1.807) is 0 Å². The van der Waals surface area contributed by atoms with Crippen molar-refractivity contribution in [2.75, 3.05) is 7.11 Å². The molecule has 0 bridgehead atoms. The predicted molar refractivity (Wildman–Crippen MR) is 51.5 cm³/mol. The maximum absolute atomic E-state index is 13.2. The highest BCUT2D eigenvalue weighted by atomic mass is 79.9. The lowest BCUT2D eigenvalue weighted by Crippen LogP contribution is -2.21. The summed E-state index contributed by atoms with van der Waals surface area (Å²) in [5.41, 5.74) is 0. The second kappa shape index (κ2) is 4.63. The number of rotatable bonds is 3. The van der Waals surface area contributed by atoms with Crippen LogP contribution in [0.5, 0.6) is 11.5 Å². The minimum Gasteiger partial charge on any atom is -0.507 e. The van der Waals surface area contributed by atoms with Gasteiger partial charge in [0.25, 0.3) is 0 Å². The molecule has 1 aromatic carbocycles. The van der Waals surface area contributed by atoms with Gasteiger partial charge in [0.15, 0.2) is 17.3 Å². The molecule has 0 amide bonds. The highest BCUT2D eigenvalue weighted by molar-refractivity contribution is 9.10. The van der Waals surface area contributed by atoms with Crippen LogP contribution >= 0.6 is 15.9 Å². The van der Waals surface area contributed by atoms with Gasteiger partial charge in [-0.3, -0.25) is 0 Å². The highest BCUT2D eigenvalue weighted by Crippen LogP contribution is 2.33. The maximum atomic E-state index is 13.2. The lowest BCUT2D eigenvalue weighted by atomic mass is 10.2. The Morgan fingerprint density at radius 1 is 1.43 bits per heavy atom. The average Bonchev–Trinajstić information content (AvgIpc) is 2.08. The summed E-state index contributed by atoms with van der Waals surface area (Å²) < 4.78 is 22.9. The number of hydrogen-bond donors (Lipinski definition) is 2. The average molecular weight is 265 g/mol. The van der Waals surface area contributed by atoms with E-state index in [1.807, 2.05) is 0 Å². The molecule has 76 valence electrons. The second-order valence-corrected chi connectivity index (χ2v) is 3.28. The third-order valence-electron chi connectivity index (χ3n) is 1.42. The summed E-state index contributed by atoms with van der Waals surface area (Å²) in [5.74, 6) is -1.01. The Labute approximate surface area is 88.6 Å². The van der Waals surface area contributed by atoms with Gasteiger partial charge in [-0.05, 0) is 12.1 Å². The number of methoxy groups -OCH3 is 1. The Balaban J connectivity index is 3.11. The zero-order valence-corrected chi connectivity index (χ0v) is 8.78. The monoisotopic (exact) mass is 264 g/mol. The minimum absolute atomic E-state index is 0.0741. The van der Waals surface area contributed by atoms with Gasteiger partial charge < -0.3 is 19.4 Å². The van der Waals surface area contributed by atoms with E-state index in [0.717, 1.165) is 6.07 Å². The summed E-state index contributed by atoms with van der Waals surface area (Å²) in [6, 6.07) is 2.57. The summed E-state index contributed by atoms with van der Waals surface area (Å²) >= 11 is 3.05. The van der Waals surface area contributed by atoms with Crippen molar-refractivity contribution in [3.05, 3.63) is 22.4 Å². The molecule has 1 aromatic rings. The molecule has 0 unspecified atom stereocenters. The molecule has 0 heterocycles. The Kier molecular flexibility index (Phi) is 3.73. The van der Waals surface area contributed by atoms with E-state index in [0.29, 0.717) is 4.47 Å². The fourth-order valence-corrected chi connectivity index (χ4v) is 1.32. The molecule has 0 fully saturated rings. The summed E-state index contributed by atoms with van der Waals surface area (Å²) in [6.07, 6.45) is 0. The molecule has 2 N–H and O–H groups in total. The Morgan fingerprint density at radius 2 is 2.07 bits per heavy atom. The highest BCUT2D eigenvalue weighted by Gasteiger charge is 2.19. The van der Waals surface area contributed by atoms with E-state index < -0.39 is 13.1 Å². The molecule has 0 aliphatic heterocycles. The lowest BCUT2D eigenvalue weighted by Gasteiger charge is -2.11. The Bertz CT molecular complexity index is 334. The first-order valence-electron chi connectivity index (χ1n) is 3.60. The first-order chi connectivity index (χ1) is 6.54. The largest absolute Gasteiger partial charge is 0.707 e. The Morgan fingerprint density at radius 3 is 2.57 bits per heavy atom. The van der Waals surface area contributed by atoms with Gasteiger partial charge in [0.2, 0.25) is 0 Å². The van der Waals surface area contributed by atoms with E-state index >= 15 is 0 Å². The molecule has 0 atom stereocenters. The first-order valence-corrected chi connectivity index (χ1v) is 4.39. The third-order valence-corrected chi connectivity index (χ3v) is 1.88. The normalized spacial score (nSPS) is 9.79. The molecule has 0 radical (unpaired) electrons. The van der Waals surface area contributed by atoms with E-state index in [2.05, 4.69) is 20.6 Å². The molecule has 0 aliphatic carbocycles. The minimum atomic E-state index is -2.08. The van der Waals surface area contributed by atoms with Gasteiger partial charge in [-0.2, -0.15) is 0 Å². The van der Waals surface area contributed by atoms with Crippen LogP contribution < -0.4 is 9.39 Å². The quantitative estimate of drug-likeness (QED) is 0.798. The Hall–Kier alpha value is -0.785. The molecule has 0 aromatic heterocycles. The van der Waals surface area contributed by atoms with Crippen LogP contribution in [-0.4, -0.2) is 24.5 Å². The van der Waals surface area contributed by atoms with Gasteiger partial charge in [0.05, 0.1) is 7.11 Å². The molecule has 0 aliphatic rings. The SMILES string of the molecule is COc1cc(Br)cc(F)c1OB(O)O. The topological polar surface area (TPSA) is 58.9 Å². The predicted octanol–water partition coefficient (Wildman–Crippen LogP) is 0.945. The molecule has 0 saturated carbocycles. The lowest BCUT2D eigenvalue weighted by molar-refractivity contribution is 0.272. The van der Waals surface area contributed by atoms with Crippen molar-refractivity contribution < 1.29 is 23.8 Å². The zero-order valence-electron chi connectivity index (χ0n) is 7.20. The fraction of sp³-hybridized carbons (Fsp3) is 0.143. The first kappa shape index (κ1) is 11.3. The molecule has 1 rings (SSSR count). The molecule has 0 saturated heterocycles. The van der Waals surface area contributed by atoms with Crippen LogP contribution in [0.15, 0.2) is 16.6 Å². The van der Waals surface area contributed by atoms with Gasteiger partial charge in [-0.15, -0.1) is 0 Å². The third kappa shape index (κ3) is 2.60. The van der Waals surface area contributed by atoms with Crippen molar-refractivity contribution in [3.8, 4) is 11.5 Å². The molecule has 0 spiro atoms. The van der Waals surface area contributed by atoms with Gasteiger partial charge in [0, 0.05) is 4.47 Å². The van der Waals surface area contributed by atoms with E-state index in [4.69, 9.17) is 14.8 Å². The smallest absolute Gasteiger partial charge is 0.507 e. The van der Waals surface area contributed by atoms with Crippen LogP contribution in [-0.2, 0) is 0 Å². The van der Waals surface area contributed by atoms with Gasteiger partial charge in [0.1, 0.15) is 0 Å². The second-order valence-electron chi connectivity index (χ2n) is 2.36. The van der Waals surface area contributed by atoms with Gasteiger partial charge >= 0.3 is 7.32 Å². The summed E-state index contributed by atoms with van der Waals surface area (Å²) in [4.78, 5) is 0. The van der Waals surface area contributed by atoms with Crippen LogP contribution in [0.1, 0.15) is 0 Å². The van der Waals surface area contributed by atoms with Gasteiger partial charge in [-0.25, -0.2) is 4.39 Å². The summed E-state index contributed by atoms with van der Waals surface area (Å²) in [7, 11) is -0.766. The van der Waals surface area contributed by atoms with Crippen molar-refractivity contribution in [1.82, 2.24) is 0 Å². The van der Waals surface area contributed by atoms with Crippen LogP contribution in [0.4, 0.5) is 4.39 Å². The maximum Gasteiger partial charge on any atom is 0.707 e. The van der Waals surface area contributed by atoms with Crippen LogP contribution in [0, 0.1) is 5.82 Å². The summed E-state index contributed by atoms with van der Waals surface area (Å²) in [5, 5.41) is 17.0. The molecular formula is C7H7BBrFO4. The zero-order chi connectivity index (χ0) is 10.7. The van der Waals surface area contributed by atoms with Crippen LogP contribution in [0.3, 0.4) is 0 Å². The molecule has 4 nitrogen and oxygen atoms in total. The number of halogens is 2. The van der Waals surface area contributed by atoms with Crippen molar-refractivity contribution >= 4 is 23.3 Å². The van der Waals surface area contributed by atoms with E-state index in [-0.39, 0.29) is 11.5 Å². The number of ether oxygens (including phenoxy) is 1. The number of hydrogen-bond acceptors (Lipinski definition) is 4. The van der Waals surface area contributed by atoms with Gasteiger partial charge in [-0.1, -0.05) is 15.9 Å². The van der Waals surface area contributed by atoms with Crippen LogP contribution in [0.25, 0.3) is 0 Å². The summed E-state index contributed by atoms with van der Waals surface area (Å²) in [6.45, 7) is 0.